The summed E-state index contributed by atoms with van der Waals surface area (Å²) in [7, 11) is 0. The normalized spacial score (nSPS) is 12.1. The highest BCUT2D eigenvalue weighted by Gasteiger charge is 2.10. The smallest absolute Gasteiger partial charge is 0.144 e. The van der Waals surface area contributed by atoms with Crippen LogP contribution in [-0.4, -0.2) is 9.97 Å². The van der Waals surface area contributed by atoms with Gasteiger partial charge in [0.05, 0.1) is 10.5 Å². The molecule has 0 saturated heterocycles. The molecular weight excluding hydrogens is 280 g/mol. The first-order chi connectivity index (χ1) is 8.18. The summed E-state index contributed by atoms with van der Waals surface area (Å²) in [5, 5.41) is 3.29. The molecule has 4 nitrogen and oxygen atoms in total. The fraction of sp³-hybridized carbons (Fsp3) is 0.167. The second kappa shape index (κ2) is 5.14. The monoisotopic (exact) mass is 292 g/mol. The van der Waals surface area contributed by atoms with Crippen LogP contribution in [0.3, 0.4) is 0 Å². The van der Waals surface area contributed by atoms with Crippen molar-refractivity contribution in [3.05, 3.63) is 46.8 Å². The Kier molecular flexibility index (Phi) is 3.58. The highest BCUT2D eigenvalue weighted by atomic mass is 79.9. The molecule has 0 amide bonds. The molecule has 0 spiro atoms. The van der Waals surface area contributed by atoms with Gasteiger partial charge in [-0.2, -0.15) is 0 Å². The molecule has 2 rings (SSSR count). The van der Waals surface area contributed by atoms with Crippen LogP contribution >= 0.6 is 15.9 Å². The lowest BCUT2D eigenvalue weighted by Crippen LogP contribution is -2.10. The maximum atomic E-state index is 5.93. The SMILES string of the molecule is CC(Nc1ncncc1Br)c1ccccc1N. The van der Waals surface area contributed by atoms with Crippen molar-refractivity contribution in [3.8, 4) is 0 Å². The number of para-hydroxylation sites is 1. The van der Waals surface area contributed by atoms with Gasteiger partial charge in [0.1, 0.15) is 12.1 Å². The molecule has 1 aromatic heterocycles. The number of hydrogen-bond acceptors (Lipinski definition) is 4. The summed E-state index contributed by atoms with van der Waals surface area (Å²) < 4.78 is 0.835. The summed E-state index contributed by atoms with van der Waals surface area (Å²) in [5.74, 6) is 0.760. The van der Waals surface area contributed by atoms with E-state index < -0.39 is 0 Å². The molecule has 1 unspecified atom stereocenters. The average molecular weight is 293 g/mol. The van der Waals surface area contributed by atoms with E-state index in [2.05, 4.69) is 31.2 Å². The van der Waals surface area contributed by atoms with Gasteiger partial charge < -0.3 is 11.1 Å². The summed E-state index contributed by atoms with van der Waals surface area (Å²) in [6.07, 6.45) is 3.21. The fourth-order valence-corrected chi connectivity index (χ4v) is 1.94. The Hall–Kier alpha value is -1.62. The summed E-state index contributed by atoms with van der Waals surface area (Å²) in [4.78, 5) is 8.08. The number of halogens is 1. The first-order valence-corrected chi connectivity index (χ1v) is 6.04. The van der Waals surface area contributed by atoms with Crippen molar-refractivity contribution in [2.45, 2.75) is 13.0 Å². The van der Waals surface area contributed by atoms with E-state index in [-0.39, 0.29) is 6.04 Å². The Morgan fingerprint density at radius 3 is 2.82 bits per heavy atom. The molecule has 0 radical (unpaired) electrons. The highest BCUT2D eigenvalue weighted by Crippen LogP contribution is 2.26. The van der Waals surface area contributed by atoms with Gasteiger partial charge in [0, 0.05) is 11.9 Å². The molecule has 0 aliphatic carbocycles. The number of nitrogen functional groups attached to an aromatic ring is 1. The van der Waals surface area contributed by atoms with E-state index in [9.17, 15) is 0 Å². The molecule has 17 heavy (non-hydrogen) atoms. The molecule has 0 aliphatic rings. The van der Waals surface area contributed by atoms with Crippen molar-refractivity contribution in [3.63, 3.8) is 0 Å². The number of nitrogens with two attached hydrogens (primary N) is 1. The Morgan fingerprint density at radius 2 is 2.12 bits per heavy atom. The highest BCUT2D eigenvalue weighted by molar-refractivity contribution is 9.10. The second-order valence-electron chi connectivity index (χ2n) is 3.71. The minimum atomic E-state index is 0.0856. The molecule has 0 saturated carbocycles. The molecule has 88 valence electrons. The van der Waals surface area contributed by atoms with Crippen molar-refractivity contribution >= 4 is 27.4 Å². The van der Waals surface area contributed by atoms with Gasteiger partial charge in [-0.25, -0.2) is 9.97 Å². The number of aromatic nitrogens is 2. The Labute approximate surface area is 108 Å². The van der Waals surface area contributed by atoms with Crippen molar-refractivity contribution in [1.29, 1.82) is 0 Å². The summed E-state index contributed by atoms with van der Waals surface area (Å²) in [6.45, 7) is 2.04. The van der Waals surface area contributed by atoms with Crippen molar-refractivity contribution in [2.24, 2.45) is 0 Å². The molecule has 0 fully saturated rings. The molecule has 3 N–H and O–H groups in total. The summed E-state index contributed by atoms with van der Waals surface area (Å²) in [5.41, 5.74) is 7.76. The van der Waals surface area contributed by atoms with Gasteiger partial charge in [0.25, 0.3) is 0 Å². The van der Waals surface area contributed by atoms with Crippen LogP contribution < -0.4 is 11.1 Å². The zero-order valence-electron chi connectivity index (χ0n) is 9.39. The van der Waals surface area contributed by atoms with E-state index >= 15 is 0 Å². The predicted octanol–water partition coefficient (Wildman–Crippen LogP) is 2.99. The Morgan fingerprint density at radius 1 is 1.35 bits per heavy atom. The third-order valence-corrected chi connectivity index (χ3v) is 3.06. The van der Waals surface area contributed by atoms with Gasteiger partial charge in [0.2, 0.25) is 0 Å². The standard InChI is InChI=1S/C12H13BrN4/c1-8(9-4-2-3-5-11(9)14)17-12-10(13)6-15-7-16-12/h2-8H,14H2,1H3,(H,15,16,17). The minimum Gasteiger partial charge on any atom is -0.398 e. The number of benzene rings is 1. The summed E-state index contributed by atoms with van der Waals surface area (Å²) in [6, 6.07) is 7.87. The van der Waals surface area contributed by atoms with E-state index in [1.54, 1.807) is 6.20 Å². The van der Waals surface area contributed by atoms with Crippen LogP contribution in [0.15, 0.2) is 41.3 Å². The number of hydrogen-bond donors (Lipinski definition) is 2. The van der Waals surface area contributed by atoms with Crippen LogP contribution in [0.25, 0.3) is 0 Å². The largest absolute Gasteiger partial charge is 0.398 e. The second-order valence-corrected chi connectivity index (χ2v) is 4.57. The van der Waals surface area contributed by atoms with Crippen molar-refractivity contribution < 1.29 is 0 Å². The molecule has 0 aliphatic heterocycles. The Balaban J connectivity index is 2.20. The molecule has 1 aromatic carbocycles. The average Bonchev–Trinajstić information content (AvgIpc) is 2.32. The van der Waals surface area contributed by atoms with Gasteiger partial charge in [-0.05, 0) is 34.5 Å². The van der Waals surface area contributed by atoms with E-state index in [1.165, 1.54) is 6.33 Å². The maximum Gasteiger partial charge on any atom is 0.144 e. The lowest BCUT2D eigenvalue weighted by molar-refractivity contribution is 0.872. The topological polar surface area (TPSA) is 63.8 Å². The zero-order chi connectivity index (χ0) is 12.3. The number of nitrogens with one attached hydrogen (secondary N) is 1. The van der Waals surface area contributed by atoms with Crippen LogP contribution in [0.5, 0.6) is 0 Å². The number of anilines is 2. The molecule has 2 aromatic rings. The molecular formula is C12H13BrN4. The van der Waals surface area contributed by atoms with Crippen molar-refractivity contribution in [2.75, 3.05) is 11.1 Å². The molecule has 1 atom stereocenters. The summed E-state index contributed by atoms with van der Waals surface area (Å²) >= 11 is 3.40. The Bertz CT molecular complexity index is 515. The van der Waals surface area contributed by atoms with E-state index in [1.807, 2.05) is 31.2 Å². The van der Waals surface area contributed by atoms with Gasteiger partial charge in [0.15, 0.2) is 0 Å². The van der Waals surface area contributed by atoms with Gasteiger partial charge in [-0.15, -0.1) is 0 Å². The zero-order valence-corrected chi connectivity index (χ0v) is 11.0. The lowest BCUT2D eigenvalue weighted by Gasteiger charge is -2.17. The van der Waals surface area contributed by atoms with E-state index in [0.717, 1.165) is 21.5 Å². The van der Waals surface area contributed by atoms with Crippen LogP contribution in [0, 0.1) is 0 Å². The molecule has 1 heterocycles. The van der Waals surface area contributed by atoms with E-state index in [0.29, 0.717) is 0 Å². The third-order valence-electron chi connectivity index (χ3n) is 2.48. The van der Waals surface area contributed by atoms with Gasteiger partial charge in [-0.3, -0.25) is 0 Å². The predicted molar refractivity (Wildman–Crippen MR) is 72.6 cm³/mol. The van der Waals surface area contributed by atoms with Crippen molar-refractivity contribution in [1.82, 2.24) is 9.97 Å². The first kappa shape index (κ1) is 11.9. The first-order valence-electron chi connectivity index (χ1n) is 5.25. The maximum absolute atomic E-state index is 5.93. The van der Waals surface area contributed by atoms with Crippen LogP contribution in [-0.2, 0) is 0 Å². The fourth-order valence-electron chi connectivity index (χ4n) is 1.61. The number of rotatable bonds is 3. The lowest BCUT2D eigenvalue weighted by atomic mass is 10.1. The van der Waals surface area contributed by atoms with Gasteiger partial charge in [-0.1, -0.05) is 18.2 Å². The van der Waals surface area contributed by atoms with Crippen LogP contribution in [0.4, 0.5) is 11.5 Å². The molecule has 5 heteroatoms. The van der Waals surface area contributed by atoms with Crippen LogP contribution in [0.1, 0.15) is 18.5 Å². The van der Waals surface area contributed by atoms with E-state index in [4.69, 9.17) is 5.73 Å². The molecule has 0 bridgehead atoms. The minimum absolute atomic E-state index is 0.0856. The quantitative estimate of drug-likeness (QED) is 0.854. The van der Waals surface area contributed by atoms with Gasteiger partial charge >= 0.3 is 0 Å². The van der Waals surface area contributed by atoms with Crippen LogP contribution in [0.2, 0.25) is 0 Å². The third kappa shape index (κ3) is 2.74. The number of nitrogens with zero attached hydrogens (tertiary/aromatic N) is 2.